The standard InChI is InChI=1S/C15H13NS/c1-11(12-6-8-16-9-7-12)15-14-5-3-2-4-13(14)10-17-15/h2-11H,1H3. The minimum Gasteiger partial charge on any atom is -0.265 e. The minimum atomic E-state index is 0.433. The van der Waals surface area contributed by atoms with Crippen molar-refractivity contribution in [2.45, 2.75) is 12.8 Å². The van der Waals surface area contributed by atoms with Crippen LogP contribution in [0.2, 0.25) is 0 Å². The van der Waals surface area contributed by atoms with Crippen LogP contribution in [0.4, 0.5) is 0 Å². The number of hydrogen-bond donors (Lipinski definition) is 0. The molecule has 1 aromatic carbocycles. The Morgan fingerprint density at radius 1 is 1.06 bits per heavy atom. The van der Waals surface area contributed by atoms with E-state index < -0.39 is 0 Å². The summed E-state index contributed by atoms with van der Waals surface area (Å²) in [4.78, 5) is 5.51. The van der Waals surface area contributed by atoms with Gasteiger partial charge in [0.2, 0.25) is 0 Å². The van der Waals surface area contributed by atoms with Crippen molar-refractivity contribution in [3.05, 3.63) is 64.6 Å². The highest BCUT2D eigenvalue weighted by Crippen LogP contribution is 2.35. The van der Waals surface area contributed by atoms with Crippen molar-refractivity contribution in [2.24, 2.45) is 0 Å². The van der Waals surface area contributed by atoms with Crippen LogP contribution in [0.5, 0.6) is 0 Å². The molecule has 0 saturated heterocycles. The molecular formula is C15H13NS. The molecule has 0 amide bonds. The van der Waals surface area contributed by atoms with Gasteiger partial charge in [-0.15, -0.1) is 11.3 Å². The van der Waals surface area contributed by atoms with E-state index in [0.717, 1.165) is 0 Å². The number of pyridine rings is 1. The average molecular weight is 239 g/mol. The van der Waals surface area contributed by atoms with Crippen molar-refractivity contribution in [2.75, 3.05) is 0 Å². The summed E-state index contributed by atoms with van der Waals surface area (Å²) in [5.74, 6) is 0.433. The van der Waals surface area contributed by atoms with Gasteiger partial charge >= 0.3 is 0 Å². The van der Waals surface area contributed by atoms with E-state index in [4.69, 9.17) is 0 Å². The van der Waals surface area contributed by atoms with Crippen LogP contribution in [-0.4, -0.2) is 4.98 Å². The number of rotatable bonds is 2. The molecule has 2 heterocycles. The first-order valence-corrected chi connectivity index (χ1v) is 6.60. The predicted molar refractivity (Wildman–Crippen MR) is 73.6 cm³/mol. The van der Waals surface area contributed by atoms with Crippen molar-refractivity contribution < 1.29 is 0 Å². The van der Waals surface area contributed by atoms with Crippen LogP contribution in [0.1, 0.15) is 23.3 Å². The van der Waals surface area contributed by atoms with E-state index in [1.54, 1.807) is 0 Å². The summed E-state index contributed by atoms with van der Waals surface area (Å²) in [6.07, 6.45) is 3.73. The maximum Gasteiger partial charge on any atom is 0.0270 e. The summed E-state index contributed by atoms with van der Waals surface area (Å²) < 4.78 is 0. The topological polar surface area (TPSA) is 12.9 Å². The molecule has 84 valence electrons. The fourth-order valence-electron chi connectivity index (χ4n) is 2.15. The molecule has 2 aromatic heterocycles. The minimum absolute atomic E-state index is 0.433. The normalized spacial score (nSPS) is 12.8. The SMILES string of the molecule is CC(c1ccncc1)c1scc2ccccc12. The quantitative estimate of drug-likeness (QED) is 0.644. The fraction of sp³-hybridized carbons (Fsp3) is 0.133. The van der Waals surface area contributed by atoms with Crippen LogP contribution in [0.3, 0.4) is 0 Å². The molecule has 0 spiro atoms. The molecule has 1 atom stereocenters. The number of benzene rings is 1. The fourth-order valence-corrected chi connectivity index (χ4v) is 3.27. The monoisotopic (exact) mass is 239 g/mol. The first-order chi connectivity index (χ1) is 8.36. The van der Waals surface area contributed by atoms with Gasteiger partial charge in [-0.25, -0.2) is 0 Å². The Labute approximate surface area is 105 Å². The summed E-state index contributed by atoms with van der Waals surface area (Å²) in [5.41, 5.74) is 1.33. The molecule has 2 heteroatoms. The predicted octanol–water partition coefficient (Wildman–Crippen LogP) is 4.45. The van der Waals surface area contributed by atoms with Gasteiger partial charge in [-0.1, -0.05) is 31.2 Å². The van der Waals surface area contributed by atoms with Gasteiger partial charge in [0.1, 0.15) is 0 Å². The zero-order chi connectivity index (χ0) is 11.7. The molecule has 3 rings (SSSR count). The smallest absolute Gasteiger partial charge is 0.0270 e. The van der Waals surface area contributed by atoms with Crippen molar-refractivity contribution in [3.8, 4) is 0 Å². The largest absolute Gasteiger partial charge is 0.265 e. The second kappa shape index (κ2) is 4.30. The van der Waals surface area contributed by atoms with E-state index in [9.17, 15) is 0 Å². The Balaban J connectivity index is 2.10. The van der Waals surface area contributed by atoms with Crippen LogP contribution < -0.4 is 0 Å². The Kier molecular flexibility index (Phi) is 2.65. The van der Waals surface area contributed by atoms with Gasteiger partial charge in [0.15, 0.2) is 0 Å². The first-order valence-electron chi connectivity index (χ1n) is 5.72. The lowest BCUT2D eigenvalue weighted by atomic mass is 9.98. The number of nitrogens with zero attached hydrogens (tertiary/aromatic N) is 1. The highest BCUT2D eigenvalue weighted by Gasteiger charge is 2.13. The molecule has 0 N–H and O–H groups in total. The van der Waals surface area contributed by atoms with Gasteiger partial charge in [-0.2, -0.15) is 0 Å². The van der Waals surface area contributed by atoms with E-state index in [2.05, 4.69) is 53.7 Å². The zero-order valence-electron chi connectivity index (χ0n) is 9.63. The van der Waals surface area contributed by atoms with Crippen molar-refractivity contribution in [1.29, 1.82) is 0 Å². The summed E-state index contributed by atoms with van der Waals surface area (Å²) in [6.45, 7) is 2.26. The summed E-state index contributed by atoms with van der Waals surface area (Å²) in [7, 11) is 0. The molecule has 0 aliphatic rings. The second-order valence-corrected chi connectivity index (χ2v) is 5.10. The second-order valence-electron chi connectivity index (χ2n) is 4.19. The zero-order valence-corrected chi connectivity index (χ0v) is 10.4. The summed E-state index contributed by atoms with van der Waals surface area (Å²) in [6, 6.07) is 12.8. The van der Waals surface area contributed by atoms with Crippen molar-refractivity contribution >= 4 is 22.1 Å². The molecule has 0 bridgehead atoms. The third kappa shape index (κ3) is 1.85. The lowest BCUT2D eigenvalue weighted by Gasteiger charge is -2.10. The third-order valence-corrected chi connectivity index (χ3v) is 4.34. The number of aromatic nitrogens is 1. The van der Waals surface area contributed by atoms with E-state index in [0.29, 0.717) is 5.92 Å². The Bertz CT molecular complexity index is 627. The van der Waals surface area contributed by atoms with Gasteiger partial charge in [0.25, 0.3) is 0 Å². The third-order valence-electron chi connectivity index (χ3n) is 3.14. The summed E-state index contributed by atoms with van der Waals surface area (Å²) in [5, 5.41) is 4.96. The number of fused-ring (bicyclic) bond motifs is 1. The van der Waals surface area contributed by atoms with Gasteiger partial charge < -0.3 is 0 Å². The molecule has 1 nitrogen and oxygen atoms in total. The van der Waals surface area contributed by atoms with Crippen LogP contribution in [-0.2, 0) is 0 Å². The maximum absolute atomic E-state index is 4.07. The summed E-state index contributed by atoms with van der Waals surface area (Å²) >= 11 is 1.85. The van der Waals surface area contributed by atoms with Gasteiger partial charge in [0.05, 0.1) is 0 Å². The van der Waals surface area contributed by atoms with Gasteiger partial charge in [-0.3, -0.25) is 4.98 Å². The van der Waals surface area contributed by atoms with Crippen molar-refractivity contribution in [1.82, 2.24) is 4.98 Å². The van der Waals surface area contributed by atoms with Crippen LogP contribution in [0, 0.1) is 0 Å². The van der Waals surface area contributed by atoms with E-state index in [1.807, 2.05) is 23.7 Å². The van der Waals surface area contributed by atoms with E-state index in [1.165, 1.54) is 21.2 Å². The Hall–Kier alpha value is -1.67. The highest BCUT2D eigenvalue weighted by molar-refractivity contribution is 7.11. The van der Waals surface area contributed by atoms with Gasteiger partial charge in [-0.05, 0) is 33.8 Å². The number of hydrogen-bond acceptors (Lipinski definition) is 2. The van der Waals surface area contributed by atoms with Crippen molar-refractivity contribution in [3.63, 3.8) is 0 Å². The molecule has 1 unspecified atom stereocenters. The van der Waals surface area contributed by atoms with Crippen LogP contribution in [0.25, 0.3) is 10.8 Å². The molecule has 17 heavy (non-hydrogen) atoms. The Morgan fingerprint density at radius 2 is 1.82 bits per heavy atom. The molecule has 0 aliphatic heterocycles. The Morgan fingerprint density at radius 3 is 2.65 bits per heavy atom. The lowest BCUT2D eigenvalue weighted by Crippen LogP contribution is -1.93. The molecule has 0 fully saturated rings. The van der Waals surface area contributed by atoms with E-state index in [-0.39, 0.29) is 0 Å². The molecule has 3 aromatic rings. The van der Waals surface area contributed by atoms with E-state index >= 15 is 0 Å². The maximum atomic E-state index is 4.07. The molecular weight excluding hydrogens is 226 g/mol. The molecule has 0 radical (unpaired) electrons. The average Bonchev–Trinajstić information content (AvgIpc) is 2.83. The molecule has 0 saturated carbocycles. The van der Waals surface area contributed by atoms with Crippen LogP contribution >= 0.6 is 11.3 Å². The highest BCUT2D eigenvalue weighted by atomic mass is 32.1. The molecule has 0 aliphatic carbocycles. The van der Waals surface area contributed by atoms with Crippen LogP contribution in [0.15, 0.2) is 54.2 Å². The van der Waals surface area contributed by atoms with Gasteiger partial charge in [0, 0.05) is 23.2 Å². The lowest BCUT2D eigenvalue weighted by molar-refractivity contribution is 0.949. The first kappa shape index (κ1) is 10.5. The number of thiophene rings is 1.